The Morgan fingerprint density at radius 1 is 1.46 bits per heavy atom. The molecule has 13 heavy (non-hydrogen) atoms. The van der Waals surface area contributed by atoms with E-state index in [4.69, 9.17) is 4.74 Å². The highest BCUT2D eigenvalue weighted by Crippen LogP contribution is 2.15. The van der Waals surface area contributed by atoms with Gasteiger partial charge in [-0.3, -0.25) is 0 Å². The number of nitrogens with one attached hydrogen (secondary N) is 1. The second-order valence-corrected chi connectivity index (χ2v) is 4.93. The number of ether oxygens (including phenoxy) is 1. The normalized spacial score (nSPS) is 30.5. The molecule has 1 aliphatic heterocycles. The Labute approximate surface area is 79.8 Å². The fourth-order valence-electron chi connectivity index (χ4n) is 1.37. The molecule has 0 spiro atoms. The zero-order chi connectivity index (χ0) is 9.90. The lowest BCUT2D eigenvalue weighted by atomic mass is 9.95. The van der Waals surface area contributed by atoms with Gasteiger partial charge in [-0.05, 0) is 11.8 Å². The predicted octanol–water partition coefficient (Wildman–Crippen LogP) is 1.75. The summed E-state index contributed by atoms with van der Waals surface area (Å²) in [5, 5.41) is 3.26. The average Bonchev–Trinajstić information content (AvgIpc) is 2.01. The summed E-state index contributed by atoms with van der Waals surface area (Å²) < 4.78 is 18.3. The summed E-state index contributed by atoms with van der Waals surface area (Å²) in [6.07, 6.45) is -0.0480. The standard InChI is InChI=1S/C10H20FNO/c1-10(2,3)7-12-9-4-5-13-6-8(9)11/h8-9,12H,4-7H2,1-3H3/t8-,9+/m0/s1. The minimum absolute atomic E-state index is 0.00650. The van der Waals surface area contributed by atoms with Gasteiger partial charge in [-0.15, -0.1) is 0 Å². The van der Waals surface area contributed by atoms with Crippen molar-refractivity contribution in [3.63, 3.8) is 0 Å². The summed E-state index contributed by atoms with van der Waals surface area (Å²) in [5.74, 6) is 0. The molecule has 1 fully saturated rings. The maximum Gasteiger partial charge on any atom is 0.139 e. The van der Waals surface area contributed by atoms with Gasteiger partial charge >= 0.3 is 0 Å². The fourth-order valence-corrected chi connectivity index (χ4v) is 1.37. The van der Waals surface area contributed by atoms with Gasteiger partial charge in [0.1, 0.15) is 6.17 Å². The van der Waals surface area contributed by atoms with Gasteiger partial charge in [0, 0.05) is 19.2 Å². The van der Waals surface area contributed by atoms with Crippen LogP contribution in [-0.4, -0.2) is 32.0 Å². The minimum Gasteiger partial charge on any atom is -0.378 e. The number of hydrogen-bond donors (Lipinski definition) is 1. The summed E-state index contributed by atoms with van der Waals surface area (Å²) in [4.78, 5) is 0. The van der Waals surface area contributed by atoms with Gasteiger partial charge in [0.25, 0.3) is 0 Å². The van der Waals surface area contributed by atoms with Crippen molar-refractivity contribution in [1.29, 1.82) is 0 Å². The molecule has 0 radical (unpaired) electrons. The van der Waals surface area contributed by atoms with Crippen LogP contribution in [0.25, 0.3) is 0 Å². The first-order chi connectivity index (χ1) is 5.99. The minimum atomic E-state index is -0.837. The van der Waals surface area contributed by atoms with Gasteiger partial charge in [-0.25, -0.2) is 4.39 Å². The lowest BCUT2D eigenvalue weighted by Gasteiger charge is -2.30. The topological polar surface area (TPSA) is 21.3 Å². The van der Waals surface area contributed by atoms with Crippen molar-refractivity contribution in [2.24, 2.45) is 5.41 Å². The summed E-state index contributed by atoms with van der Waals surface area (Å²) in [6.45, 7) is 8.23. The quantitative estimate of drug-likeness (QED) is 0.714. The Morgan fingerprint density at radius 2 is 2.15 bits per heavy atom. The van der Waals surface area contributed by atoms with Crippen molar-refractivity contribution in [2.75, 3.05) is 19.8 Å². The highest BCUT2D eigenvalue weighted by atomic mass is 19.1. The van der Waals surface area contributed by atoms with Crippen LogP contribution in [0.4, 0.5) is 4.39 Å². The average molecular weight is 189 g/mol. The molecule has 2 nitrogen and oxygen atoms in total. The molecule has 2 atom stereocenters. The van der Waals surface area contributed by atoms with E-state index in [9.17, 15) is 4.39 Å². The van der Waals surface area contributed by atoms with Crippen LogP contribution in [0.5, 0.6) is 0 Å². The molecule has 0 saturated carbocycles. The predicted molar refractivity (Wildman–Crippen MR) is 51.6 cm³/mol. The largest absolute Gasteiger partial charge is 0.378 e. The van der Waals surface area contributed by atoms with E-state index in [1.165, 1.54) is 0 Å². The van der Waals surface area contributed by atoms with Gasteiger partial charge in [0.05, 0.1) is 6.61 Å². The van der Waals surface area contributed by atoms with E-state index in [0.717, 1.165) is 13.0 Å². The maximum absolute atomic E-state index is 13.2. The molecule has 0 aromatic carbocycles. The van der Waals surface area contributed by atoms with E-state index in [-0.39, 0.29) is 18.1 Å². The summed E-state index contributed by atoms with van der Waals surface area (Å²) in [7, 11) is 0. The second kappa shape index (κ2) is 4.38. The van der Waals surface area contributed by atoms with Crippen LogP contribution in [0.2, 0.25) is 0 Å². The van der Waals surface area contributed by atoms with Crippen molar-refractivity contribution >= 4 is 0 Å². The van der Waals surface area contributed by atoms with Crippen molar-refractivity contribution in [3.8, 4) is 0 Å². The number of hydrogen-bond acceptors (Lipinski definition) is 2. The van der Waals surface area contributed by atoms with Crippen LogP contribution in [0.1, 0.15) is 27.2 Å². The molecule has 0 aromatic heterocycles. The van der Waals surface area contributed by atoms with Crippen molar-refractivity contribution in [3.05, 3.63) is 0 Å². The lowest BCUT2D eigenvalue weighted by Crippen LogP contribution is -2.46. The smallest absolute Gasteiger partial charge is 0.139 e. The molecule has 1 heterocycles. The van der Waals surface area contributed by atoms with E-state index in [1.807, 2.05) is 0 Å². The van der Waals surface area contributed by atoms with Gasteiger partial charge in [0.2, 0.25) is 0 Å². The summed E-state index contributed by atoms with van der Waals surface area (Å²) in [6, 6.07) is -0.00650. The van der Waals surface area contributed by atoms with Crippen molar-refractivity contribution in [1.82, 2.24) is 5.32 Å². The van der Waals surface area contributed by atoms with Crippen LogP contribution < -0.4 is 5.32 Å². The zero-order valence-electron chi connectivity index (χ0n) is 8.77. The molecule has 0 aliphatic carbocycles. The maximum atomic E-state index is 13.2. The zero-order valence-corrected chi connectivity index (χ0v) is 8.77. The van der Waals surface area contributed by atoms with Gasteiger partial charge in [-0.1, -0.05) is 20.8 Å². The monoisotopic (exact) mass is 189 g/mol. The third-order valence-electron chi connectivity index (χ3n) is 2.18. The molecule has 1 aliphatic rings. The highest BCUT2D eigenvalue weighted by Gasteiger charge is 2.25. The fraction of sp³-hybridized carbons (Fsp3) is 1.00. The highest BCUT2D eigenvalue weighted by molar-refractivity contribution is 4.81. The Kier molecular flexibility index (Phi) is 3.68. The first-order valence-electron chi connectivity index (χ1n) is 4.94. The first kappa shape index (κ1) is 10.9. The first-order valence-corrected chi connectivity index (χ1v) is 4.94. The Bertz CT molecular complexity index is 155. The van der Waals surface area contributed by atoms with E-state index in [2.05, 4.69) is 26.1 Å². The molecule has 1 N–H and O–H groups in total. The summed E-state index contributed by atoms with van der Waals surface area (Å²) >= 11 is 0. The molecule has 0 unspecified atom stereocenters. The van der Waals surface area contributed by atoms with Crippen molar-refractivity contribution < 1.29 is 9.13 Å². The van der Waals surface area contributed by atoms with Crippen LogP contribution in [0, 0.1) is 5.41 Å². The van der Waals surface area contributed by atoms with Crippen molar-refractivity contribution in [2.45, 2.75) is 39.4 Å². The molecular formula is C10H20FNO. The molecule has 1 saturated heterocycles. The number of rotatable bonds is 2. The SMILES string of the molecule is CC(C)(C)CN[C@@H]1CCOC[C@@H]1F. The molecule has 0 aromatic rings. The Morgan fingerprint density at radius 3 is 2.69 bits per heavy atom. The Balaban J connectivity index is 2.27. The second-order valence-electron chi connectivity index (χ2n) is 4.93. The van der Waals surface area contributed by atoms with Gasteiger partial charge < -0.3 is 10.1 Å². The Hall–Kier alpha value is -0.150. The summed E-state index contributed by atoms with van der Waals surface area (Å²) in [5.41, 5.74) is 0.220. The molecule has 3 heteroatoms. The molecular weight excluding hydrogens is 169 g/mol. The van der Waals surface area contributed by atoms with Crippen LogP contribution in [0.15, 0.2) is 0 Å². The molecule has 1 rings (SSSR count). The van der Waals surface area contributed by atoms with Gasteiger partial charge in [-0.2, -0.15) is 0 Å². The van der Waals surface area contributed by atoms with E-state index in [1.54, 1.807) is 0 Å². The van der Waals surface area contributed by atoms with Gasteiger partial charge in [0.15, 0.2) is 0 Å². The lowest BCUT2D eigenvalue weighted by molar-refractivity contribution is 0.0120. The van der Waals surface area contributed by atoms with E-state index in [0.29, 0.717) is 6.61 Å². The third kappa shape index (κ3) is 4.05. The molecule has 0 amide bonds. The van der Waals surface area contributed by atoms with Crippen LogP contribution in [-0.2, 0) is 4.74 Å². The molecule has 78 valence electrons. The number of halogens is 1. The van der Waals surface area contributed by atoms with E-state index >= 15 is 0 Å². The number of alkyl halides is 1. The van der Waals surface area contributed by atoms with E-state index < -0.39 is 6.17 Å². The third-order valence-corrected chi connectivity index (χ3v) is 2.18. The van der Waals surface area contributed by atoms with Crippen LogP contribution in [0.3, 0.4) is 0 Å². The molecule has 0 bridgehead atoms. The van der Waals surface area contributed by atoms with Crippen LogP contribution >= 0.6 is 0 Å².